The van der Waals surface area contributed by atoms with E-state index in [0.29, 0.717) is 19.3 Å². The van der Waals surface area contributed by atoms with E-state index in [9.17, 15) is 14.4 Å². The van der Waals surface area contributed by atoms with Gasteiger partial charge in [-0.1, -0.05) is 253 Å². The summed E-state index contributed by atoms with van der Waals surface area (Å²) in [4.78, 5) is 38.1. The highest BCUT2D eigenvalue weighted by molar-refractivity contribution is 5.71. The summed E-state index contributed by atoms with van der Waals surface area (Å²) in [6, 6.07) is 0. The molecule has 0 aromatic heterocycles. The molecule has 0 N–H and O–H groups in total. The molecule has 0 aromatic rings. The maximum Gasteiger partial charge on any atom is 0.306 e. The summed E-state index contributed by atoms with van der Waals surface area (Å²) >= 11 is 0. The second kappa shape index (κ2) is 58.9. The normalized spacial score (nSPS) is 12.8. The van der Waals surface area contributed by atoms with Gasteiger partial charge in [0.25, 0.3) is 0 Å². The molecule has 0 amide bonds. The molecule has 6 heteroatoms. The van der Waals surface area contributed by atoms with Crippen LogP contribution >= 0.6 is 0 Å². The van der Waals surface area contributed by atoms with Crippen molar-refractivity contribution in [3.8, 4) is 0 Å². The molecule has 0 aliphatic rings. The minimum atomic E-state index is -0.790. The van der Waals surface area contributed by atoms with Crippen LogP contribution in [0, 0.1) is 0 Å². The number of hydrogen-bond donors (Lipinski definition) is 0. The summed E-state index contributed by atoms with van der Waals surface area (Å²) in [6.45, 7) is 6.48. The van der Waals surface area contributed by atoms with E-state index in [1.807, 2.05) is 0 Å². The van der Waals surface area contributed by atoms with Crippen LogP contribution in [0.5, 0.6) is 0 Å². The lowest BCUT2D eigenvalue weighted by atomic mass is 10.1. The summed E-state index contributed by atoms with van der Waals surface area (Å²) in [5.74, 6) is -0.915. The van der Waals surface area contributed by atoms with Crippen molar-refractivity contribution in [2.45, 2.75) is 284 Å². The van der Waals surface area contributed by atoms with E-state index in [1.165, 1.54) is 122 Å². The third-order valence-electron chi connectivity index (χ3n) is 12.6. The van der Waals surface area contributed by atoms with Gasteiger partial charge in [0.2, 0.25) is 0 Å². The first kappa shape index (κ1) is 67.3. The lowest BCUT2D eigenvalue weighted by molar-refractivity contribution is -0.167. The van der Waals surface area contributed by atoms with Gasteiger partial charge in [0.15, 0.2) is 6.10 Å². The molecule has 0 rings (SSSR count). The number of unbranched alkanes of at least 4 members (excludes halogenated alkanes) is 26. The first-order valence-corrected chi connectivity index (χ1v) is 29.7. The Morgan fingerprint density at radius 1 is 0.296 bits per heavy atom. The van der Waals surface area contributed by atoms with E-state index >= 15 is 0 Å². The highest BCUT2D eigenvalue weighted by atomic mass is 16.6. The molecule has 0 spiro atoms. The summed E-state index contributed by atoms with van der Waals surface area (Å²) in [6.07, 6.45) is 78.3. The van der Waals surface area contributed by atoms with E-state index in [0.717, 1.165) is 116 Å². The molecule has 1 atom stereocenters. The SMILES string of the molecule is CC/C=C\C/C=C\C/C=C\C/C=C\C/C=C\C/C=C\CCCCCCC(=O)OCC(COC(=O)CCCCCCCCCCC)OC(=O)CCCCCCCCCCC/C=C\C/C=C\CCCCCCC. The topological polar surface area (TPSA) is 78.9 Å². The Balaban J connectivity index is 4.33. The van der Waals surface area contributed by atoms with Gasteiger partial charge in [0, 0.05) is 19.3 Å². The number of allylic oxidation sites excluding steroid dienone is 16. The zero-order valence-corrected chi connectivity index (χ0v) is 46.5. The molecule has 6 nitrogen and oxygen atoms in total. The standard InChI is InChI=1S/C65H110O6/c1-4-7-10-13-16-19-21-23-25-27-29-31-32-34-35-37-39-41-43-46-49-52-55-58-64(67)70-61-62(60-69-63(66)57-54-51-48-45-18-15-12-9-6-3)71-65(68)59-56-53-50-47-44-42-40-38-36-33-30-28-26-24-22-20-17-14-11-8-5-2/h7,10,16,19,22-25,28-31,34-35,39,41,62H,4-6,8-9,11-15,17-18,20-21,26-27,32-33,36-38,40,42-61H2,1-3H3/b10-7-,19-16-,24-22-,25-23-,30-28-,31-29-,35-34-,41-39-. The Kier molecular flexibility index (Phi) is 55.9. The number of esters is 3. The van der Waals surface area contributed by atoms with Crippen LogP contribution in [-0.4, -0.2) is 37.2 Å². The van der Waals surface area contributed by atoms with Crippen molar-refractivity contribution in [3.63, 3.8) is 0 Å². The monoisotopic (exact) mass is 987 g/mol. The van der Waals surface area contributed by atoms with Crippen LogP contribution in [-0.2, 0) is 28.6 Å². The molecule has 0 aromatic carbocycles. The number of carbonyl (C=O) groups excluding carboxylic acids is 3. The molecular formula is C65H110O6. The molecule has 71 heavy (non-hydrogen) atoms. The number of carbonyl (C=O) groups is 3. The molecule has 0 aliphatic carbocycles. The van der Waals surface area contributed by atoms with Gasteiger partial charge < -0.3 is 14.2 Å². The van der Waals surface area contributed by atoms with Gasteiger partial charge in [-0.15, -0.1) is 0 Å². The summed E-state index contributed by atoms with van der Waals surface area (Å²) in [5, 5.41) is 0. The molecule has 0 heterocycles. The predicted molar refractivity (Wildman–Crippen MR) is 307 cm³/mol. The average Bonchev–Trinajstić information content (AvgIpc) is 3.37. The van der Waals surface area contributed by atoms with Crippen LogP contribution in [0.3, 0.4) is 0 Å². The average molecular weight is 988 g/mol. The van der Waals surface area contributed by atoms with Crippen LogP contribution in [0.2, 0.25) is 0 Å². The van der Waals surface area contributed by atoms with E-state index < -0.39 is 6.10 Å². The number of ether oxygens (including phenoxy) is 3. The van der Waals surface area contributed by atoms with Gasteiger partial charge in [-0.25, -0.2) is 0 Å². The van der Waals surface area contributed by atoms with Crippen LogP contribution in [0.25, 0.3) is 0 Å². The van der Waals surface area contributed by atoms with E-state index in [2.05, 4.69) is 118 Å². The lowest BCUT2D eigenvalue weighted by Crippen LogP contribution is -2.30. The maximum absolute atomic E-state index is 12.9. The zero-order chi connectivity index (χ0) is 51.4. The summed E-state index contributed by atoms with van der Waals surface area (Å²) in [5.41, 5.74) is 0. The van der Waals surface area contributed by atoms with Gasteiger partial charge in [0.1, 0.15) is 13.2 Å². The van der Waals surface area contributed by atoms with E-state index in [4.69, 9.17) is 14.2 Å². The molecule has 0 saturated heterocycles. The Bertz CT molecular complexity index is 1410. The maximum atomic E-state index is 12.9. The van der Waals surface area contributed by atoms with Gasteiger partial charge in [-0.2, -0.15) is 0 Å². The molecule has 0 radical (unpaired) electrons. The Morgan fingerprint density at radius 2 is 0.549 bits per heavy atom. The first-order chi connectivity index (χ1) is 35.0. The van der Waals surface area contributed by atoms with Crippen LogP contribution in [0.4, 0.5) is 0 Å². The number of hydrogen-bond acceptors (Lipinski definition) is 6. The molecule has 1 unspecified atom stereocenters. The highest BCUT2D eigenvalue weighted by Gasteiger charge is 2.19. The highest BCUT2D eigenvalue weighted by Crippen LogP contribution is 2.15. The Labute approximate surface area is 438 Å². The number of rotatable bonds is 53. The first-order valence-electron chi connectivity index (χ1n) is 29.7. The minimum Gasteiger partial charge on any atom is -0.462 e. The van der Waals surface area contributed by atoms with Crippen LogP contribution in [0.15, 0.2) is 97.2 Å². The lowest BCUT2D eigenvalue weighted by Gasteiger charge is -2.18. The smallest absolute Gasteiger partial charge is 0.306 e. The van der Waals surface area contributed by atoms with Crippen LogP contribution in [0.1, 0.15) is 278 Å². The van der Waals surface area contributed by atoms with Crippen molar-refractivity contribution in [2.24, 2.45) is 0 Å². The molecular weight excluding hydrogens is 877 g/mol. The van der Waals surface area contributed by atoms with Gasteiger partial charge >= 0.3 is 17.9 Å². The minimum absolute atomic E-state index is 0.0865. The second-order valence-corrected chi connectivity index (χ2v) is 19.5. The molecule has 0 fully saturated rings. The zero-order valence-electron chi connectivity index (χ0n) is 46.5. The van der Waals surface area contributed by atoms with Crippen molar-refractivity contribution in [1.82, 2.24) is 0 Å². The Morgan fingerprint density at radius 3 is 0.859 bits per heavy atom. The predicted octanol–water partition coefficient (Wildman–Crippen LogP) is 20.1. The summed E-state index contributed by atoms with van der Waals surface area (Å²) in [7, 11) is 0. The fourth-order valence-electron chi connectivity index (χ4n) is 8.12. The fourth-order valence-corrected chi connectivity index (χ4v) is 8.12. The van der Waals surface area contributed by atoms with Gasteiger partial charge in [0.05, 0.1) is 0 Å². The molecule has 0 aliphatic heterocycles. The molecule has 406 valence electrons. The largest absolute Gasteiger partial charge is 0.462 e. The third-order valence-corrected chi connectivity index (χ3v) is 12.6. The van der Waals surface area contributed by atoms with Gasteiger partial charge in [-0.05, 0) is 103 Å². The van der Waals surface area contributed by atoms with Crippen molar-refractivity contribution in [3.05, 3.63) is 97.2 Å². The van der Waals surface area contributed by atoms with E-state index in [-0.39, 0.29) is 31.1 Å². The van der Waals surface area contributed by atoms with Crippen molar-refractivity contribution < 1.29 is 28.6 Å². The third kappa shape index (κ3) is 57.1. The van der Waals surface area contributed by atoms with Crippen molar-refractivity contribution >= 4 is 17.9 Å². The van der Waals surface area contributed by atoms with Crippen molar-refractivity contribution in [1.29, 1.82) is 0 Å². The quantitative estimate of drug-likeness (QED) is 0.0261. The molecule has 0 saturated carbocycles. The fraction of sp³-hybridized carbons (Fsp3) is 0.708. The van der Waals surface area contributed by atoms with Crippen LogP contribution < -0.4 is 0 Å². The second-order valence-electron chi connectivity index (χ2n) is 19.5. The van der Waals surface area contributed by atoms with Gasteiger partial charge in [-0.3, -0.25) is 14.4 Å². The molecule has 0 bridgehead atoms. The Hall–Kier alpha value is -3.67. The van der Waals surface area contributed by atoms with E-state index in [1.54, 1.807) is 0 Å². The van der Waals surface area contributed by atoms with Crippen molar-refractivity contribution in [2.75, 3.05) is 13.2 Å². The summed E-state index contributed by atoms with van der Waals surface area (Å²) < 4.78 is 16.8.